The second-order valence-corrected chi connectivity index (χ2v) is 3.95. The van der Waals surface area contributed by atoms with Gasteiger partial charge >= 0.3 is 0 Å². The lowest BCUT2D eigenvalue weighted by molar-refractivity contribution is -0.392. The summed E-state index contributed by atoms with van der Waals surface area (Å²) in [6.45, 7) is 2.14. The van der Waals surface area contributed by atoms with Crippen molar-refractivity contribution in [3.63, 3.8) is 0 Å². The van der Waals surface area contributed by atoms with Crippen molar-refractivity contribution in [3.05, 3.63) is 37.9 Å². The molecule has 0 bridgehead atoms. The van der Waals surface area contributed by atoms with Gasteiger partial charge in [0.15, 0.2) is 5.69 Å². The zero-order valence-electron chi connectivity index (χ0n) is 9.88. The number of nitrogens with zero attached hydrogens (tertiary/aromatic N) is 2. The van der Waals surface area contributed by atoms with E-state index < -0.39 is 26.5 Å². The minimum Gasteiger partial charge on any atom is -0.374 e. The third-order valence-electron chi connectivity index (χ3n) is 2.27. The molecule has 0 spiro atoms. The molecular formula is C10H10ClN3O5. The minimum atomic E-state index is -0.992. The van der Waals surface area contributed by atoms with Crippen molar-refractivity contribution in [3.8, 4) is 0 Å². The molecule has 0 saturated carbocycles. The molecule has 0 aliphatic rings. The Morgan fingerprint density at radius 1 is 1.26 bits per heavy atom. The molecule has 0 atom stereocenters. The first-order chi connectivity index (χ1) is 8.88. The van der Waals surface area contributed by atoms with Crippen molar-refractivity contribution in [1.82, 2.24) is 0 Å². The van der Waals surface area contributed by atoms with Crippen molar-refractivity contribution in [2.75, 3.05) is 11.9 Å². The third-order valence-corrected chi connectivity index (χ3v) is 2.49. The third kappa shape index (κ3) is 3.38. The van der Waals surface area contributed by atoms with E-state index in [0.717, 1.165) is 12.1 Å². The Morgan fingerprint density at radius 3 is 2.05 bits per heavy atom. The molecule has 0 aliphatic heterocycles. The van der Waals surface area contributed by atoms with Crippen molar-refractivity contribution >= 4 is 33.9 Å². The van der Waals surface area contributed by atoms with E-state index in [9.17, 15) is 25.0 Å². The molecule has 1 N–H and O–H groups in total. The van der Waals surface area contributed by atoms with Crippen LogP contribution in [0.2, 0.25) is 0 Å². The van der Waals surface area contributed by atoms with Crippen LogP contribution in [0.5, 0.6) is 0 Å². The fourth-order valence-electron chi connectivity index (χ4n) is 1.44. The van der Waals surface area contributed by atoms with Crippen molar-refractivity contribution in [2.45, 2.75) is 13.3 Å². The largest absolute Gasteiger partial charge is 0.374 e. The summed E-state index contributed by atoms with van der Waals surface area (Å²) in [6, 6.07) is 1.83. The molecule has 0 amide bonds. The predicted octanol–water partition coefficient (Wildman–Crippen LogP) is 2.70. The van der Waals surface area contributed by atoms with E-state index >= 15 is 0 Å². The average Bonchev–Trinajstić information content (AvgIpc) is 2.34. The summed E-state index contributed by atoms with van der Waals surface area (Å²) in [5.74, 6) is 0. The van der Waals surface area contributed by atoms with E-state index in [2.05, 4.69) is 5.32 Å². The number of nitrogens with one attached hydrogen (secondary N) is 1. The monoisotopic (exact) mass is 287 g/mol. The number of hydrogen-bond donors (Lipinski definition) is 1. The lowest BCUT2D eigenvalue weighted by Crippen LogP contribution is -2.08. The molecule has 0 aliphatic carbocycles. The Hall–Kier alpha value is -2.22. The average molecular weight is 288 g/mol. The lowest BCUT2D eigenvalue weighted by Gasteiger charge is -2.07. The molecule has 9 heteroatoms. The molecule has 0 aromatic heterocycles. The Bertz CT molecular complexity index is 511. The highest BCUT2D eigenvalue weighted by Crippen LogP contribution is 2.36. The van der Waals surface area contributed by atoms with Gasteiger partial charge in [-0.15, -0.1) is 0 Å². The molecule has 1 rings (SSSR count). The predicted molar refractivity (Wildman–Crippen MR) is 68.7 cm³/mol. The fraction of sp³-hybridized carbons (Fsp3) is 0.300. The topological polar surface area (TPSA) is 115 Å². The first-order valence-corrected chi connectivity index (χ1v) is 5.66. The maximum Gasteiger partial charge on any atom is 0.300 e. The van der Waals surface area contributed by atoms with Gasteiger partial charge in [0.05, 0.1) is 9.85 Å². The van der Waals surface area contributed by atoms with Crippen molar-refractivity contribution in [2.24, 2.45) is 0 Å². The van der Waals surface area contributed by atoms with Gasteiger partial charge in [-0.3, -0.25) is 25.0 Å². The van der Waals surface area contributed by atoms with Crippen LogP contribution in [-0.2, 0) is 0 Å². The molecule has 1 aromatic rings. The van der Waals surface area contributed by atoms with Gasteiger partial charge in [0.1, 0.15) is 0 Å². The molecule has 102 valence electrons. The highest BCUT2D eigenvalue weighted by atomic mass is 35.5. The van der Waals surface area contributed by atoms with Crippen LogP contribution in [-0.4, -0.2) is 21.6 Å². The molecule has 19 heavy (non-hydrogen) atoms. The zero-order valence-corrected chi connectivity index (χ0v) is 10.6. The standard InChI is InChI=1S/C10H10ClN3O5/c1-2-3-12-9-7(13(16)17)4-6(10(11)15)5-8(9)14(18)19/h4-5,12H,2-3H2,1H3. The smallest absolute Gasteiger partial charge is 0.300 e. The molecule has 0 unspecified atom stereocenters. The van der Waals surface area contributed by atoms with E-state index in [-0.39, 0.29) is 11.3 Å². The van der Waals surface area contributed by atoms with Crippen LogP contribution in [0.1, 0.15) is 23.7 Å². The SMILES string of the molecule is CCCNc1c([N+](=O)[O-])cc(C(=O)Cl)cc1[N+](=O)[O-]. The molecule has 0 radical (unpaired) electrons. The number of benzene rings is 1. The van der Waals surface area contributed by atoms with E-state index in [1.165, 1.54) is 0 Å². The van der Waals surface area contributed by atoms with E-state index in [1.807, 2.05) is 0 Å². The van der Waals surface area contributed by atoms with Crippen LogP contribution in [0.25, 0.3) is 0 Å². The van der Waals surface area contributed by atoms with Gasteiger partial charge in [0.25, 0.3) is 16.6 Å². The maximum atomic E-state index is 11.0. The summed E-state index contributed by atoms with van der Waals surface area (Å²) >= 11 is 5.21. The number of hydrogen-bond acceptors (Lipinski definition) is 6. The summed E-state index contributed by atoms with van der Waals surface area (Å²) in [6.07, 6.45) is 0.629. The van der Waals surface area contributed by atoms with Gasteiger partial charge in [-0.1, -0.05) is 6.92 Å². The number of anilines is 1. The summed E-state index contributed by atoms with van der Waals surface area (Å²) in [5.41, 5.74) is -1.61. The highest BCUT2D eigenvalue weighted by Gasteiger charge is 2.27. The van der Waals surface area contributed by atoms with Gasteiger partial charge in [-0.25, -0.2) is 0 Å². The molecule has 0 saturated heterocycles. The number of nitro benzene ring substituents is 2. The Labute approximate surface area is 112 Å². The first kappa shape index (κ1) is 14.8. The first-order valence-electron chi connectivity index (χ1n) is 5.29. The van der Waals surface area contributed by atoms with E-state index in [0.29, 0.717) is 13.0 Å². The Balaban J connectivity index is 3.50. The van der Waals surface area contributed by atoms with Gasteiger partial charge in [0.2, 0.25) is 0 Å². The molecule has 0 fully saturated rings. The number of rotatable bonds is 6. The second-order valence-electron chi connectivity index (χ2n) is 3.60. The number of halogens is 1. The van der Waals surface area contributed by atoms with E-state index in [4.69, 9.17) is 11.6 Å². The molecule has 8 nitrogen and oxygen atoms in total. The zero-order chi connectivity index (χ0) is 14.6. The van der Waals surface area contributed by atoms with E-state index in [1.54, 1.807) is 6.92 Å². The van der Waals surface area contributed by atoms with Gasteiger partial charge in [-0.05, 0) is 18.0 Å². The number of carbonyl (C=O) groups is 1. The van der Waals surface area contributed by atoms with Crippen molar-refractivity contribution < 1.29 is 14.6 Å². The normalized spacial score (nSPS) is 10.0. The molecular weight excluding hydrogens is 278 g/mol. The highest BCUT2D eigenvalue weighted by molar-refractivity contribution is 6.67. The summed E-state index contributed by atoms with van der Waals surface area (Å²) in [4.78, 5) is 31.3. The fourth-order valence-corrected chi connectivity index (χ4v) is 1.55. The van der Waals surface area contributed by atoms with Crippen LogP contribution in [0.15, 0.2) is 12.1 Å². The number of nitro groups is 2. The van der Waals surface area contributed by atoms with Crippen LogP contribution in [0, 0.1) is 20.2 Å². The molecule has 0 heterocycles. The summed E-state index contributed by atoms with van der Waals surface area (Å²) in [7, 11) is 0. The minimum absolute atomic E-state index is 0.224. The number of carbonyl (C=O) groups excluding carboxylic acids is 1. The quantitative estimate of drug-likeness (QED) is 0.488. The summed E-state index contributed by atoms with van der Waals surface area (Å²) < 4.78 is 0. The Morgan fingerprint density at radius 2 is 1.74 bits per heavy atom. The maximum absolute atomic E-state index is 11.0. The second kappa shape index (κ2) is 6.10. The van der Waals surface area contributed by atoms with Gasteiger partial charge in [-0.2, -0.15) is 0 Å². The van der Waals surface area contributed by atoms with Crippen molar-refractivity contribution in [1.29, 1.82) is 0 Å². The van der Waals surface area contributed by atoms with Gasteiger partial charge < -0.3 is 5.32 Å². The summed E-state index contributed by atoms with van der Waals surface area (Å²) in [5, 5.41) is 23.5. The van der Waals surface area contributed by atoms with Crippen LogP contribution in [0.4, 0.5) is 17.1 Å². The Kier molecular flexibility index (Phi) is 4.76. The lowest BCUT2D eigenvalue weighted by atomic mass is 10.1. The van der Waals surface area contributed by atoms with Crippen LogP contribution >= 0.6 is 11.6 Å². The molecule has 1 aromatic carbocycles. The van der Waals surface area contributed by atoms with Crippen LogP contribution < -0.4 is 5.32 Å². The van der Waals surface area contributed by atoms with Gasteiger partial charge in [0, 0.05) is 24.2 Å². The van der Waals surface area contributed by atoms with Crippen LogP contribution in [0.3, 0.4) is 0 Å².